The summed E-state index contributed by atoms with van der Waals surface area (Å²) >= 11 is 0. The SMILES string of the molecule is CCc1cnn2c(=O)cc(C(=O)N/N=C/[C@@]3(C)[C@H](C(=O)O)N4C(=O)C[C@H]4S3(=O)=O)[nH]c12. The smallest absolute Gasteiger partial charge is 0.328 e. The number of aromatic amines is 1. The number of aromatic nitrogens is 3. The number of sulfone groups is 1. The number of aryl methyl sites for hydroxylation is 1. The molecule has 0 spiro atoms. The summed E-state index contributed by atoms with van der Waals surface area (Å²) in [5, 5.41) is 15.9. The topological polar surface area (TPSA) is 183 Å². The number of H-pyrrole nitrogens is 1. The molecule has 14 heteroatoms. The van der Waals surface area contributed by atoms with Crippen LogP contribution in [-0.4, -0.2) is 73.2 Å². The number of aliphatic carboxylic acids is 1. The lowest BCUT2D eigenvalue weighted by atomic mass is 9.97. The van der Waals surface area contributed by atoms with Crippen molar-refractivity contribution < 1.29 is 27.9 Å². The van der Waals surface area contributed by atoms with E-state index in [-0.39, 0.29) is 12.1 Å². The van der Waals surface area contributed by atoms with Gasteiger partial charge in [0.05, 0.1) is 12.6 Å². The van der Waals surface area contributed by atoms with Crippen LogP contribution in [-0.2, 0) is 25.8 Å². The van der Waals surface area contributed by atoms with E-state index in [2.05, 4.69) is 20.6 Å². The molecular weight excluding hydrogens is 432 g/mol. The molecule has 3 atom stereocenters. The maximum absolute atomic E-state index is 12.8. The number of hydrogen-bond donors (Lipinski definition) is 3. The van der Waals surface area contributed by atoms with Crippen LogP contribution in [0.25, 0.3) is 5.65 Å². The summed E-state index contributed by atoms with van der Waals surface area (Å²) in [6.07, 6.45) is 2.56. The lowest BCUT2D eigenvalue weighted by Gasteiger charge is -2.35. The number of rotatable bonds is 5. The first-order valence-corrected chi connectivity index (χ1v) is 10.8. The summed E-state index contributed by atoms with van der Waals surface area (Å²) in [6.45, 7) is 2.98. The Morgan fingerprint density at radius 2 is 2.16 bits per heavy atom. The average Bonchev–Trinajstić information content (AvgIpc) is 3.17. The van der Waals surface area contributed by atoms with E-state index in [9.17, 15) is 32.7 Å². The van der Waals surface area contributed by atoms with Crippen LogP contribution in [0, 0.1) is 0 Å². The Kier molecular flexibility index (Phi) is 4.50. The van der Waals surface area contributed by atoms with Crippen molar-refractivity contribution in [2.75, 3.05) is 0 Å². The molecule has 2 aromatic rings. The molecule has 31 heavy (non-hydrogen) atoms. The molecule has 2 fully saturated rings. The zero-order chi connectivity index (χ0) is 22.7. The van der Waals surface area contributed by atoms with Crippen molar-refractivity contribution in [3.05, 3.63) is 33.9 Å². The number of hydrogen-bond acceptors (Lipinski definition) is 8. The van der Waals surface area contributed by atoms with E-state index in [1.807, 2.05) is 6.92 Å². The van der Waals surface area contributed by atoms with E-state index < -0.39 is 49.3 Å². The van der Waals surface area contributed by atoms with Gasteiger partial charge < -0.3 is 15.0 Å². The molecule has 2 aliphatic heterocycles. The number of β-lactam (4-membered cyclic amide) rings is 1. The molecule has 0 aromatic carbocycles. The molecule has 0 aliphatic carbocycles. The molecule has 2 amide bonds. The average molecular weight is 450 g/mol. The van der Waals surface area contributed by atoms with Crippen LogP contribution in [0.4, 0.5) is 0 Å². The largest absolute Gasteiger partial charge is 0.480 e. The first-order valence-electron chi connectivity index (χ1n) is 9.24. The van der Waals surface area contributed by atoms with Crippen molar-refractivity contribution in [3.63, 3.8) is 0 Å². The Morgan fingerprint density at radius 1 is 1.45 bits per heavy atom. The van der Waals surface area contributed by atoms with Crippen LogP contribution >= 0.6 is 0 Å². The molecule has 0 saturated carbocycles. The van der Waals surface area contributed by atoms with Crippen molar-refractivity contribution in [2.24, 2.45) is 5.10 Å². The third kappa shape index (κ3) is 2.78. The number of carbonyl (C=O) groups is 3. The summed E-state index contributed by atoms with van der Waals surface area (Å²) in [7, 11) is -4.10. The molecule has 2 aliphatic rings. The van der Waals surface area contributed by atoms with Gasteiger partial charge in [-0.05, 0) is 13.3 Å². The third-order valence-electron chi connectivity index (χ3n) is 5.66. The quantitative estimate of drug-likeness (QED) is 0.279. The summed E-state index contributed by atoms with van der Waals surface area (Å²) in [6, 6.07) is -0.664. The number of amides is 2. The Hall–Kier alpha value is -3.55. The van der Waals surface area contributed by atoms with Gasteiger partial charge in [-0.1, -0.05) is 6.92 Å². The zero-order valence-corrected chi connectivity index (χ0v) is 17.2. The Bertz CT molecular complexity index is 1330. The van der Waals surface area contributed by atoms with Gasteiger partial charge in [-0.25, -0.2) is 18.6 Å². The summed E-state index contributed by atoms with van der Waals surface area (Å²) in [5.74, 6) is -2.92. The number of nitrogens with one attached hydrogen (secondary N) is 2. The van der Waals surface area contributed by atoms with Crippen LogP contribution in [0.1, 0.15) is 36.3 Å². The van der Waals surface area contributed by atoms with E-state index in [4.69, 9.17) is 0 Å². The van der Waals surface area contributed by atoms with Crippen molar-refractivity contribution in [1.82, 2.24) is 24.9 Å². The van der Waals surface area contributed by atoms with Crippen molar-refractivity contribution >= 4 is 39.5 Å². The van der Waals surface area contributed by atoms with E-state index >= 15 is 0 Å². The first-order chi connectivity index (χ1) is 14.5. The van der Waals surface area contributed by atoms with Crippen molar-refractivity contribution in [1.29, 1.82) is 0 Å². The maximum atomic E-state index is 12.8. The highest BCUT2D eigenvalue weighted by atomic mass is 32.2. The minimum Gasteiger partial charge on any atom is -0.480 e. The van der Waals surface area contributed by atoms with Crippen LogP contribution < -0.4 is 11.0 Å². The lowest BCUT2D eigenvalue weighted by molar-refractivity contribution is -0.156. The van der Waals surface area contributed by atoms with Gasteiger partial charge in [0.25, 0.3) is 11.5 Å². The fourth-order valence-electron chi connectivity index (χ4n) is 3.90. The summed E-state index contributed by atoms with van der Waals surface area (Å²) < 4.78 is 24.7. The second-order valence-corrected chi connectivity index (χ2v) is 9.95. The molecule has 0 radical (unpaired) electrons. The second-order valence-electron chi connectivity index (χ2n) is 7.43. The van der Waals surface area contributed by atoms with Crippen molar-refractivity contribution in [2.45, 2.75) is 42.9 Å². The lowest BCUT2D eigenvalue weighted by Crippen LogP contribution is -2.57. The van der Waals surface area contributed by atoms with Crippen LogP contribution in [0.2, 0.25) is 0 Å². The van der Waals surface area contributed by atoms with E-state index in [0.29, 0.717) is 17.6 Å². The zero-order valence-electron chi connectivity index (χ0n) is 16.4. The van der Waals surface area contributed by atoms with E-state index in [1.54, 1.807) is 0 Å². The summed E-state index contributed by atoms with van der Waals surface area (Å²) in [4.78, 5) is 51.7. The monoisotopic (exact) mass is 450 g/mol. The Labute approximate surface area is 174 Å². The molecule has 13 nitrogen and oxygen atoms in total. The summed E-state index contributed by atoms with van der Waals surface area (Å²) in [5.41, 5.74) is 2.45. The second kappa shape index (κ2) is 6.73. The van der Waals surface area contributed by atoms with Gasteiger partial charge in [-0.3, -0.25) is 14.4 Å². The Morgan fingerprint density at radius 3 is 2.77 bits per heavy atom. The highest BCUT2D eigenvalue weighted by Gasteiger charge is 2.69. The predicted molar refractivity (Wildman–Crippen MR) is 105 cm³/mol. The molecule has 4 rings (SSSR count). The minimum atomic E-state index is -4.10. The number of carboxylic acids is 1. The van der Waals surface area contributed by atoms with E-state index in [1.165, 1.54) is 6.20 Å². The molecule has 0 unspecified atom stereocenters. The number of carbonyl (C=O) groups excluding carboxylic acids is 2. The van der Waals surface area contributed by atoms with Crippen LogP contribution in [0.15, 0.2) is 22.2 Å². The van der Waals surface area contributed by atoms with Gasteiger partial charge in [0.15, 0.2) is 15.9 Å². The van der Waals surface area contributed by atoms with E-state index in [0.717, 1.165) is 28.6 Å². The first kappa shape index (κ1) is 20.7. The fraction of sp³-hybridized carbons (Fsp3) is 0.412. The third-order valence-corrected chi connectivity index (χ3v) is 8.33. The van der Waals surface area contributed by atoms with Gasteiger partial charge in [0.2, 0.25) is 5.91 Å². The predicted octanol–water partition coefficient (Wildman–Crippen LogP) is -1.50. The molecule has 0 bridgehead atoms. The van der Waals surface area contributed by atoms with Gasteiger partial charge >= 0.3 is 5.97 Å². The number of hydrazone groups is 1. The fourth-order valence-corrected chi connectivity index (χ4v) is 6.11. The Balaban J connectivity index is 1.63. The van der Waals surface area contributed by atoms with Gasteiger partial charge in [-0.2, -0.15) is 14.7 Å². The van der Waals surface area contributed by atoms with Crippen LogP contribution in [0.5, 0.6) is 0 Å². The molecule has 3 N–H and O–H groups in total. The van der Waals surface area contributed by atoms with Gasteiger partial charge in [0.1, 0.15) is 21.5 Å². The molecule has 164 valence electrons. The maximum Gasteiger partial charge on any atom is 0.328 e. The molecular formula is C17H18N6O7S. The molecule has 2 aromatic heterocycles. The highest BCUT2D eigenvalue weighted by Crippen LogP contribution is 2.45. The number of nitrogens with zero attached hydrogens (tertiary/aromatic N) is 4. The van der Waals surface area contributed by atoms with Gasteiger partial charge in [-0.15, -0.1) is 0 Å². The van der Waals surface area contributed by atoms with Crippen molar-refractivity contribution in [3.8, 4) is 0 Å². The standard InChI is InChI=1S/C17H18N6O7S/c1-3-8-6-19-23-11(25)4-9(20-14(8)23)15(26)21-18-7-17(2)13(16(27)28)22-10(24)5-12(22)31(17,29)30/h4,6-7,12-13,20H,3,5H2,1-2H3,(H,21,26)(H,27,28)/b18-7+/t12-,13+,17+/m1/s1. The highest BCUT2D eigenvalue weighted by molar-refractivity contribution is 7.94. The van der Waals surface area contributed by atoms with Crippen LogP contribution in [0.3, 0.4) is 0 Å². The normalized spacial score (nSPS) is 26.8. The number of fused-ring (bicyclic) bond motifs is 2. The molecule has 2 saturated heterocycles. The molecule has 4 heterocycles. The minimum absolute atomic E-state index is 0.141. The van der Waals surface area contributed by atoms with Gasteiger partial charge in [0, 0.05) is 17.8 Å². The number of carboxylic acid groups (broad SMARTS) is 1.